The van der Waals surface area contributed by atoms with Crippen LogP contribution in [0.4, 0.5) is 0 Å². The van der Waals surface area contributed by atoms with Crippen molar-refractivity contribution in [3.63, 3.8) is 0 Å². The van der Waals surface area contributed by atoms with Crippen LogP contribution in [0.15, 0.2) is 9.21 Å². The van der Waals surface area contributed by atoms with Gasteiger partial charge in [0.2, 0.25) is 0 Å². The third-order valence-corrected chi connectivity index (χ3v) is 4.08. The second-order valence-corrected chi connectivity index (χ2v) is 5.81. The predicted octanol–water partition coefficient (Wildman–Crippen LogP) is 1.36. The fraction of sp³-hybridized carbons (Fsp3) is 0.800. The minimum absolute atomic E-state index is 0.00965. The van der Waals surface area contributed by atoms with Crippen molar-refractivity contribution in [1.29, 1.82) is 0 Å². The second kappa shape index (κ2) is 6.39. The minimum atomic E-state index is -4.27. The van der Waals surface area contributed by atoms with Crippen molar-refractivity contribution in [2.45, 2.75) is 32.3 Å². The van der Waals surface area contributed by atoms with E-state index in [1.54, 1.807) is 13.8 Å². The molecule has 0 radical (unpaired) electrons. The summed E-state index contributed by atoms with van der Waals surface area (Å²) in [6, 6.07) is 0. The highest BCUT2D eigenvalue weighted by Crippen LogP contribution is 2.51. The van der Waals surface area contributed by atoms with E-state index in [-0.39, 0.29) is 19.1 Å². The first-order valence-corrected chi connectivity index (χ1v) is 7.90. The van der Waals surface area contributed by atoms with Gasteiger partial charge in [0.25, 0.3) is 5.89 Å². The topological polar surface area (TPSA) is 111 Å². The van der Waals surface area contributed by atoms with Gasteiger partial charge in [-0.3, -0.25) is 0 Å². The number of hydrogen-bond donors (Lipinski definition) is 0. The van der Waals surface area contributed by atoms with Crippen molar-refractivity contribution in [2.75, 3.05) is 20.3 Å². The first-order chi connectivity index (χ1) is 10.0. The highest BCUT2D eigenvalue weighted by molar-refractivity contribution is 7.51. The summed E-state index contributed by atoms with van der Waals surface area (Å²) in [7, 11) is -2.80. The molecular formula is C10H17N2O8P. The van der Waals surface area contributed by atoms with Crippen LogP contribution in [0.1, 0.15) is 32.6 Å². The molecule has 1 aromatic rings. The molecule has 1 heterocycles. The lowest BCUT2D eigenvalue weighted by Gasteiger charge is -2.13. The molecule has 1 aliphatic rings. The zero-order chi connectivity index (χ0) is 15.5. The van der Waals surface area contributed by atoms with Crippen molar-refractivity contribution in [1.82, 2.24) is 9.55 Å². The highest BCUT2D eigenvalue weighted by Gasteiger charge is 2.51. The van der Waals surface area contributed by atoms with E-state index in [1.165, 1.54) is 7.11 Å². The van der Waals surface area contributed by atoms with Crippen molar-refractivity contribution < 1.29 is 32.8 Å². The molecule has 10 nitrogen and oxygen atoms in total. The van der Waals surface area contributed by atoms with Crippen LogP contribution in [0.25, 0.3) is 0 Å². The van der Waals surface area contributed by atoms with Crippen LogP contribution in [-0.4, -0.2) is 29.9 Å². The standard InChI is InChI=1S/C10H17N2O8P/c1-4-16-19-21(14,20-17-5-2)12-9(13)18-8(11-12)10(15-3)6-7-10/h4-7H2,1-3H3. The van der Waals surface area contributed by atoms with E-state index in [9.17, 15) is 9.36 Å². The molecule has 1 saturated carbocycles. The lowest BCUT2D eigenvalue weighted by Crippen LogP contribution is -2.18. The Morgan fingerprint density at radius 2 is 1.86 bits per heavy atom. The van der Waals surface area contributed by atoms with Crippen LogP contribution in [0.3, 0.4) is 0 Å². The van der Waals surface area contributed by atoms with Crippen LogP contribution in [0.2, 0.25) is 0 Å². The molecule has 21 heavy (non-hydrogen) atoms. The average molecular weight is 324 g/mol. The number of methoxy groups -OCH3 is 1. The van der Waals surface area contributed by atoms with E-state index in [4.69, 9.17) is 9.15 Å². The van der Waals surface area contributed by atoms with E-state index in [1.807, 2.05) is 0 Å². The summed E-state index contributed by atoms with van der Waals surface area (Å²) >= 11 is 0. The largest absolute Gasteiger partial charge is 0.515 e. The molecule has 1 aliphatic carbocycles. The zero-order valence-corrected chi connectivity index (χ0v) is 12.8. The van der Waals surface area contributed by atoms with E-state index >= 15 is 0 Å². The van der Waals surface area contributed by atoms with Crippen molar-refractivity contribution in [3.8, 4) is 0 Å². The zero-order valence-electron chi connectivity index (χ0n) is 11.9. The van der Waals surface area contributed by atoms with Gasteiger partial charge in [0.05, 0.1) is 13.2 Å². The van der Waals surface area contributed by atoms with Crippen molar-refractivity contribution in [2.24, 2.45) is 0 Å². The van der Waals surface area contributed by atoms with Gasteiger partial charge in [-0.25, -0.2) is 19.1 Å². The Hall–Kier alpha value is -1.03. The van der Waals surface area contributed by atoms with Gasteiger partial charge in [-0.05, 0) is 26.7 Å². The SMILES string of the molecule is CCOOP(=O)(OOCC)n1nc(C2(OC)CC2)oc1=O. The molecule has 0 atom stereocenters. The van der Waals surface area contributed by atoms with Gasteiger partial charge >= 0.3 is 13.5 Å². The summed E-state index contributed by atoms with van der Waals surface area (Å²) in [4.78, 5) is 21.0. The molecule has 0 unspecified atom stereocenters. The monoisotopic (exact) mass is 324 g/mol. The van der Waals surface area contributed by atoms with E-state index < -0.39 is 19.1 Å². The van der Waals surface area contributed by atoms with Gasteiger partial charge in [-0.1, -0.05) is 4.45 Å². The summed E-state index contributed by atoms with van der Waals surface area (Å²) in [6.45, 7) is 3.38. The summed E-state index contributed by atoms with van der Waals surface area (Å²) in [6.07, 6.45) is 1.29. The van der Waals surface area contributed by atoms with Gasteiger partial charge in [0, 0.05) is 7.11 Å². The molecule has 0 spiro atoms. The molecule has 0 saturated heterocycles. The summed E-state index contributed by atoms with van der Waals surface area (Å²) in [5, 5.41) is 3.83. The third-order valence-electron chi connectivity index (χ3n) is 2.78. The molecule has 2 rings (SSSR count). The molecule has 0 aromatic carbocycles. The van der Waals surface area contributed by atoms with E-state index in [2.05, 4.69) is 24.2 Å². The van der Waals surface area contributed by atoms with Gasteiger partial charge in [-0.15, -0.1) is 14.4 Å². The maximum absolute atomic E-state index is 12.5. The quantitative estimate of drug-likeness (QED) is 0.377. The molecule has 0 N–H and O–H groups in total. The van der Waals surface area contributed by atoms with E-state index in [0.29, 0.717) is 17.3 Å². The molecule has 11 heteroatoms. The van der Waals surface area contributed by atoms with Crippen LogP contribution in [-0.2, 0) is 34.0 Å². The first-order valence-electron chi connectivity index (χ1n) is 6.40. The molecule has 0 amide bonds. The van der Waals surface area contributed by atoms with Gasteiger partial charge in [0.1, 0.15) is 5.60 Å². The molecule has 0 bridgehead atoms. The Kier molecular flexibility index (Phi) is 4.97. The molecule has 1 aromatic heterocycles. The fourth-order valence-electron chi connectivity index (χ4n) is 1.54. The average Bonchev–Trinajstić information content (AvgIpc) is 3.19. The summed E-state index contributed by atoms with van der Waals surface area (Å²) in [5.74, 6) is -1.01. The van der Waals surface area contributed by atoms with Crippen molar-refractivity contribution >= 4 is 7.75 Å². The highest BCUT2D eigenvalue weighted by atomic mass is 31.2. The molecule has 120 valence electrons. The second-order valence-electron chi connectivity index (χ2n) is 4.19. The van der Waals surface area contributed by atoms with E-state index in [0.717, 1.165) is 0 Å². The Morgan fingerprint density at radius 1 is 1.29 bits per heavy atom. The Labute approximate surface area is 120 Å². The van der Waals surface area contributed by atoms with Crippen LogP contribution in [0.5, 0.6) is 0 Å². The summed E-state index contributed by atoms with van der Waals surface area (Å²) < 4.78 is 32.4. The number of hydrogen-bond acceptors (Lipinski definition) is 9. The first kappa shape index (κ1) is 16.3. The van der Waals surface area contributed by atoms with Gasteiger partial charge in [0.15, 0.2) is 0 Å². The predicted molar refractivity (Wildman–Crippen MR) is 67.1 cm³/mol. The normalized spacial score (nSPS) is 17.1. The number of aromatic nitrogens is 2. The maximum Gasteiger partial charge on any atom is 0.515 e. The number of ether oxygens (including phenoxy) is 1. The lowest BCUT2D eigenvalue weighted by atomic mass is 10.3. The number of rotatable bonds is 9. The summed E-state index contributed by atoms with van der Waals surface area (Å²) in [5.41, 5.74) is -0.757. The van der Waals surface area contributed by atoms with Gasteiger partial charge in [-0.2, -0.15) is 0 Å². The van der Waals surface area contributed by atoms with Crippen LogP contribution < -0.4 is 5.76 Å². The smallest absolute Gasteiger partial charge is 0.389 e. The Bertz CT molecular complexity index is 566. The maximum atomic E-state index is 12.5. The molecular weight excluding hydrogens is 307 g/mol. The van der Waals surface area contributed by atoms with Gasteiger partial charge < -0.3 is 9.15 Å². The third kappa shape index (κ3) is 3.25. The van der Waals surface area contributed by atoms with Crippen LogP contribution >= 0.6 is 7.75 Å². The molecule has 1 fully saturated rings. The Balaban J connectivity index is 2.31. The van der Waals surface area contributed by atoms with Crippen molar-refractivity contribution in [3.05, 3.63) is 16.4 Å². The number of nitrogens with zero attached hydrogens (tertiary/aromatic N) is 2. The fourth-order valence-corrected chi connectivity index (χ4v) is 2.60. The minimum Gasteiger partial charge on any atom is -0.389 e. The molecule has 0 aliphatic heterocycles. The Morgan fingerprint density at radius 3 is 2.29 bits per heavy atom. The lowest BCUT2D eigenvalue weighted by molar-refractivity contribution is -0.265. The van der Waals surface area contributed by atoms with Crippen LogP contribution in [0, 0.1) is 0 Å².